The number of hydrogen-bond donors (Lipinski definition) is 3. The van der Waals surface area contributed by atoms with Crippen LogP contribution >= 0.6 is 11.3 Å². The number of amides is 2. The van der Waals surface area contributed by atoms with Gasteiger partial charge in [-0.25, -0.2) is 45.3 Å². The van der Waals surface area contributed by atoms with E-state index >= 15 is 0 Å². The van der Waals surface area contributed by atoms with Gasteiger partial charge in [0.05, 0.1) is 69.6 Å². The fourth-order valence-corrected chi connectivity index (χ4v) is 14.2. The number of carbonyl (C=O) groups is 5. The van der Waals surface area contributed by atoms with Gasteiger partial charge in [-0.1, -0.05) is 103 Å². The number of nitrogens with one attached hydrogen (secondary N) is 3. The third-order valence-corrected chi connectivity index (χ3v) is 19.4. The van der Waals surface area contributed by atoms with E-state index in [0.717, 1.165) is 65.4 Å². The van der Waals surface area contributed by atoms with Gasteiger partial charge in [0.2, 0.25) is 11.8 Å². The number of aromatic nitrogens is 7. The zero-order chi connectivity index (χ0) is 73.7. The number of oxime groups is 2. The second-order valence-electron chi connectivity index (χ2n) is 24.0. The van der Waals surface area contributed by atoms with Crippen LogP contribution in [0.4, 0.5) is 10.7 Å². The van der Waals surface area contributed by atoms with Crippen LogP contribution in [0.5, 0.6) is 11.9 Å². The number of rotatable bonds is 17. The number of anilines is 1. The lowest BCUT2D eigenvalue weighted by atomic mass is 9.82. The maximum atomic E-state index is 13.5. The molecule has 0 saturated heterocycles. The normalized spacial score (nSPS) is 13.8. The molecule has 0 fully saturated rings. The number of ether oxygens (including phenoxy) is 5. The molecular weight excluding hydrogens is 1370 g/mol. The van der Waals surface area contributed by atoms with Crippen LogP contribution in [0.1, 0.15) is 125 Å². The summed E-state index contributed by atoms with van der Waals surface area (Å²) in [4.78, 5) is 108. The summed E-state index contributed by atoms with van der Waals surface area (Å²) in [7, 11) is -3.87. The van der Waals surface area contributed by atoms with Crippen molar-refractivity contribution in [1.82, 2.24) is 38.8 Å². The Kier molecular flexibility index (Phi) is 24.7. The predicted octanol–water partition coefficient (Wildman–Crippen LogP) is 8.33. The summed E-state index contributed by atoms with van der Waals surface area (Å²) in [6, 6.07) is 26.7. The lowest BCUT2D eigenvalue weighted by Crippen LogP contribution is -2.35. The molecule has 0 radical (unpaired) electrons. The van der Waals surface area contributed by atoms with Crippen molar-refractivity contribution >= 4 is 78.3 Å². The van der Waals surface area contributed by atoms with Crippen LogP contribution in [-0.2, 0) is 91.9 Å². The first-order valence-corrected chi connectivity index (χ1v) is 36.1. The number of carbonyl (C=O) groups excluding carboxylic acids is 5. The highest BCUT2D eigenvalue weighted by molar-refractivity contribution is 7.91. The van der Waals surface area contributed by atoms with Crippen LogP contribution in [0, 0.1) is 26.2 Å². The number of sulfone groups is 1. The number of esters is 3. The second-order valence-corrected chi connectivity index (χ2v) is 28.5. The number of hydrogen-bond acceptors (Lipinski definition) is 24. The van der Waals surface area contributed by atoms with Gasteiger partial charge >= 0.3 is 29.9 Å². The van der Waals surface area contributed by atoms with Crippen LogP contribution in [0.25, 0.3) is 11.1 Å². The van der Waals surface area contributed by atoms with Gasteiger partial charge in [0.15, 0.2) is 26.9 Å². The molecule has 29 nitrogen and oxygen atoms in total. The minimum absolute atomic E-state index is 0.00623. The van der Waals surface area contributed by atoms with Crippen LogP contribution < -0.4 is 30.6 Å². The number of benzene rings is 4. The number of methoxy groups -OCH3 is 2. The van der Waals surface area contributed by atoms with Gasteiger partial charge in [-0.3, -0.25) is 29.2 Å². The van der Waals surface area contributed by atoms with Crippen molar-refractivity contribution in [2.75, 3.05) is 52.2 Å². The average Bonchev–Trinajstić information content (AvgIpc) is 1.66. The number of H-pyrrole nitrogens is 1. The van der Waals surface area contributed by atoms with Gasteiger partial charge in [0, 0.05) is 48.2 Å². The third-order valence-electron chi connectivity index (χ3n) is 15.9. The minimum Gasteiger partial charge on any atom is -0.467 e. The zero-order valence-corrected chi connectivity index (χ0v) is 60.5. The molecule has 32 heteroatoms. The molecule has 3 N–H and O–H groups in total. The van der Waals surface area contributed by atoms with Crippen molar-refractivity contribution in [2.24, 2.45) is 22.8 Å². The van der Waals surface area contributed by atoms with E-state index in [9.17, 15) is 50.4 Å². The van der Waals surface area contributed by atoms with E-state index < -0.39 is 60.2 Å². The minimum atomic E-state index is -4.30. The molecule has 3 aliphatic heterocycles. The topological polar surface area (TPSA) is 370 Å². The third kappa shape index (κ3) is 17.6. The molecule has 8 aromatic rings. The molecule has 4 aromatic heterocycles. The van der Waals surface area contributed by atoms with E-state index in [0.29, 0.717) is 86.4 Å². The molecule has 536 valence electrons. The van der Waals surface area contributed by atoms with Gasteiger partial charge in [0.1, 0.15) is 33.3 Å². The zero-order valence-electron chi connectivity index (χ0n) is 58.0. The number of thiophene rings is 1. The Bertz CT molecular complexity index is 4770. The molecule has 4 aromatic carbocycles. The maximum absolute atomic E-state index is 13.5. The van der Waals surface area contributed by atoms with Crippen molar-refractivity contribution in [3.63, 3.8) is 0 Å². The molecule has 0 unspecified atom stereocenters. The fraction of sp³-hybridized carbons (Fsp3) is 0.362. The van der Waals surface area contributed by atoms with E-state index in [1.807, 2.05) is 81.4 Å². The Morgan fingerprint density at radius 3 is 1.92 bits per heavy atom. The highest BCUT2D eigenvalue weighted by Crippen LogP contribution is 2.42. The Balaban J connectivity index is 0.000000172. The lowest BCUT2D eigenvalue weighted by molar-refractivity contribution is -0.143. The van der Waals surface area contributed by atoms with E-state index in [1.54, 1.807) is 27.9 Å². The first-order valence-electron chi connectivity index (χ1n) is 31.8. The molecule has 3 aliphatic rings. The molecule has 0 atom stereocenters. The number of ketones is 1. The van der Waals surface area contributed by atoms with Gasteiger partial charge in [-0.05, 0) is 107 Å². The van der Waals surface area contributed by atoms with Crippen LogP contribution in [0.3, 0.4) is 0 Å². The van der Waals surface area contributed by atoms with E-state index in [2.05, 4.69) is 73.3 Å². The number of aromatic amines is 1. The number of urea groups is 1. The Hall–Kier alpha value is -10.4. The summed E-state index contributed by atoms with van der Waals surface area (Å²) >= 11 is 0.872. The van der Waals surface area contributed by atoms with Gasteiger partial charge in [-0.15, -0.1) is 11.3 Å². The average molecular weight is 1450 g/mol. The molecule has 0 aliphatic carbocycles. The number of fused-ring (bicyclic) bond motifs is 1. The SMILES string of the molecule is CCOC(=O)C1=NOC(c2ccccc2)(c2ccccc2)C1.CCc1cc(C)cc(CC)c1-c1c(OC(=O)C(C)(C)C)n2n(c1=O)CCOCC2.COC(=O)c1sccc1S(=O)(=O)NC(=O)Nc1nc(C)nc(OC)n1.Cc1c(C(=O)c2c[nH]n(C)c2=O)ccc(S(C)(=O)=O)c1C1=NOCC1. The second kappa shape index (κ2) is 32.7. The van der Waals surface area contributed by atoms with Crippen LogP contribution in [-0.4, -0.2) is 139 Å². The first kappa shape index (κ1) is 76.3. The number of nitrogens with zero attached hydrogens (tertiary/aromatic N) is 8. The maximum Gasteiger partial charge on any atom is 0.356 e. The number of sulfonamides is 1. The van der Waals surface area contributed by atoms with Crippen molar-refractivity contribution < 1.29 is 74.2 Å². The van der Waals surface area contributed by atoms with Gasteiger partial charge in [-0.2, -0.15) is 15.0 Å². The Morgan fingerprint density at radius 2 is 1.38 bits per heavy atom. The first-order chi connectivity index (χ1) is 47.9. The van der Waals surface area contributed by atoms with Gasteiger partial charge in [0.25, 0.3) is 21.1 Å². The molecule has 101 heavy (non-hydrogen) atoms. The van der Waals surface area contributed by atoms with E-state index in [-0.39, 0.29) is 55.1 Å². The standard InChI is InChI=1S/C23H32N2O4.C18H17NO3.C16H17N3O5S.C12H13N5O6S2/c1-7-16-13-15(3)14-17(8-2)18(16)19-20(26)24-9-11-28-12-10-25(24)21(19)29-22(27)23(4,5)6;1-2-21-17(20)16-13-18(22-19-16,14-9-5-3-6-10-14)15-11-7-4-8-12-15;1-9-10(15(20)11-8-17-19(2)16(11)21)4-5-13(25(3,22)23)14(9)12-6-7-24-18-12;1-6-13-10(16-12(14-6)23-3)15-11(19)17-25(20,21)7-4-5-24-8(7)9(18)22-2/h13-14H,7-12H2,1-6H3;3-12H,2,13H2,1H3;4-5,8,17H,6-7H2,1-3H3;4-5H,1-3H3,(H2,13,14,15,16,17,19). The van der Waals surface area contributed by atoms with Gasteiger partial charge < -0.3 is 38.5 Å². The summed E-state index contributed by atoms with van der Waals surface area (Å²) < 4.78 is 81.1. The molecule has 2 amide bonds. The summed E-state index contributed by atoms with van der Waals surface area (Å²) in [6.07, 6.45) is 4.84. The molecule has 0 spiro atoms. The van der Waals surface area contributed by atoms with Crippen LogP contribution in [0.15, 0.2) is 132 Å². The van der Waals surface area contributed by atoms with Crippen molar-refractivity contribution in [1.29, 1.82) is 0 Å². The Labute approximate surface area is 586 Å². The van der Waals surface area contributed by atoms with Crippen molar-refractivity contribution in [2.45, 2.75) is 116 Å². The number of aryl methyl sites for hydroxylation is 5. The largest absolute Gasteiger partial charge is 0.467 e. The molecule has 0 bridgehead atoms. The smallest absolute Gasteiger partial charge is 0.356 e. The van der Waals surface area contributed by atoms with Crippen molar-refractivity contribution in [3.05, 3.63) is 184 Å². The highest BCUT2D eigenvalue weighted by Gasteiger charge is 2.45. The summed E-state index contributed by atoms with van der Waals surface area (Å²) in [5.74, 6) is -1.67. The van der Waals surface area contributed by atoms with E-state index in [1.165, 1.54) is 61.1 Å². The lowest BCUT2D eigenvalue weighted by Gasteiger charge is -2.27. The van der Waals surface area contributed by atoms with Crippen molar-refractivity contribution in [3.8, 4) is 23.0 Å². The Morgan fingerprint density at radius 1 is 0.743 bits per heavy atom. The summed E-state index contributed by atoms with van der Waals surface area (Å²) in [5.41, 5.74) is 6.57. The monoisotopic (exact) mass is 1450 g/mol. The summed E-state index contributed by atoms with van der Waals surface area (Å²) in [5, 5.41) is 14.1. The molecule has 11 rings (SSSR count). The molecule has 7 heterocycles. The molecular formula is C69H79N11O18S3. The fourth-order valence-electron chi connectivity index (χ4n) is 11.0. The van der Waals surface area contributed by atoms with E-state index in [4.69, 9.17) is 28.6 Å². The van der Waals surface area contributed by atoms with Crippen LogP contribution in [0.2, 0.25) is 0 Å². The quantitative estimate of drug-likeness (QED) is 0.0569. The highest BCUT2D eigenvalue weighted by atomic mass is 32.2. The predicted molar refractivity (Wildman–Crippen MR) is 374 cm³/mol. The summed E-state index contributed by atoms with van der Waals surface area (Å²) in [6.45, 7) is 19.2. The molecule has 0 saturated carbocycles.